The largest absolute Gasteiger partial charge is 0.444 e. The molecule has 0 aliphatic rings. The van der Waals surface area contributed by atoms with E-state index in [2.05, 4.69) is 26.6 Å². The van der Waals surface area contributed by atoms with E-state index in [-0.39, 0.29) is 18.4 Å². The predicted molar refractivity (Wildman–Crippen MR) is 86.2 cm³/mol. The maximum absolute atomic E-state index is 11.9. The maximum Gasteiger partial charge on any atom is 0.407 e. The summed E-state index contributed by atoms with van der Waals surface area (Å²) < 4.78 is 6.08. The third kappa shape index (κ3) is 7.70. The van der Waals surface area contributed by atoms with Crippen molar-refractivity contribution in [2.24, 2.45) is 0 Å². The Morgan fingerprint density at radius 3 is 2.33 bits per heavy atom. The van der Waals surface area contributed by atoms with Gasteiger partial charge < -0.3 is 15.4 Å². The van der Waals surface area contributed by atoms with E-state index >= 15 is 0 Å². The molecule has 2 N–H and O–H groups in total. The second-order valence-corrected chi connectivity index (χ2v) is 6.72. The zero-order chi connectivity index (χ0) is 16.0. The van der Waals surface area contributed by atoms with Crippen LogP contribution in [-0.4, -0.2) is 23.6 Å². The van der Waals surface area contributed by atoms with E-state index in [0.717, 1.165) is 4.47 Å². The number of alkyl carbamates (subject to hydrolysis) is 1. The Kier molecular flexibility index (Phi) is 6.20. The zero-order valence-corrected chi connectivity index (χ0v) is 14.3. The van der Waals surface area contributed by atoms with Crippen molar-refractivity contribution in [2.75, 3.05) is 5.32 Å². The van der Waals surface area contributed by atoms with E-state index < -0.39 is 11.7 Å². The van der Waals surface area contributed by atoms with E-state index in [9.17, 15) is 9.59 Å². The number of nitrogens with one attached hydrogen (secondary N) is 2. The van der Waals surface area contributed by atoms with Crippen molar-refractivity contribution in [3.63, 3.8) is 0 Å². The molecule has 0 aliphatic heterocycles. The highest BCUT2D eigenvalue weighted by molar-refractivity contribution is 9.10. The van der Waals surface area contributed by atoms with Crippen LogP contribution in [-0.2, 0) is 9.53 Å². The van der Waals surface area contributed by atoms with Crippen molar-refractivity contribution in [1.82, 2.24) is 5.32 Å². The number of hydrogen-bond donors (Lipinski definition) is 2. The van der Waals surface area contributed by atoms with Gasteiger partial charge in [-0.1, -0.05) is 15.9 Å². The number of halogens is 1. The minimum absolute atomic E-state index is 0.166. The van der Waals surface area contributed by atoms with Gasteiger partial charge in [-0.3, -0.25) is 4.79 Å². The number of hydrogen-bond acceptors (Lipinski definition) is 3. The number of benzene rings is 1. The number of anilines is 1. The molecule has 1 atom stereocenters. The molecule has 0 heterocycles. The van der Waals surface area contributed by atoms with Crippen molar-refractivity contribution < 1.29 is 14.3 Å². The third-order valence-electron chi connectivity index (χ3n) is 2.38. The van der Waals surface area contributed by atoms with Crippen LogP contribution >= 0.6 is 15.9 Å². The number of rotatable bonds is 4. The van der Waals surface area contributed by atoms with Gasteiger partial charge in [0.25, 0.3) is 0 Å². The molecule has 5 nitrogen and oxygen atoms in total. The number of carbonyl (C=O) groups excluding carboxylic acids is 2. The molecule has 1 aromatic rings. The fourth-order valence-corrected chi connectivity index (χ4v) is 1.85. The summed E-state index contributed by atoms with van der Waals surface area (Å²) in [5.74, 6) is -0.166. The molecule has 0 aromatic heterocycles. The lowest BCUT2D eigenvalue weighted by Crippen LogP contribution is -2.39. The molecule has 0 aliphatic carbocycles. The van der Waals surface area contributed by atoms with Crippen LogP contribution < -0.4 is 10.6 Å². The molecule has 0 bridgehead atoms. The van der Waals surface area contributed by atoms with Crippen LogP contribution in [0.4, 0.5) is 10.5 Å². The number of amides is 2. The molecule has 1 unspecified atom stereocenters. The third-order valence-corrected chi connectivity index (χ3v) is 2.91. The first-order valence-corrected chi connectivity index (χ1v) is 7.50. The maximum atomic E-state index is 11.9. The molecule has 1 aromatic carbocycles. The normalized spacial score (nSPS) is 12.4. The molecular weight excluding hydrogens is 336 g/mol. The first-order valence-electron chi connectivity index (χ1n) is 6.70. The van der Waals surface area contributed by atoms with Gasteiger partial charge in [0.1, 0.15) is 5.60 Å². The Hall–Kier alpha value is -1.56. The minimum atomic E-state index is -0.552. The first kappa shape index (κ1) is 17.5. The Bertz CT molecular complexity index is 495. The fraction of sp³-hybridized carbons (Fsp3) is 0.467. The summed E-state index contributed by atoms with van der Waals surface area (Å²) in [5, 5.41) is 5.40. The number of carbonyl (C=O) groups is 2. The van der Waals surface area contributed by atoms with E-state index in [1.165, 1.54) is 0 Å². The number of ether oxygens (including phenoxy) is 1. The monoisotopic (exact) mass is 356 g/mol. The van der Waals surface area contributed by atoms with E-state index in [1.807, 2.05) is 12.1 Å². The van der Waals surface area contributed by atoms with Crippen LogP contribution in [0.15, 0.2) is 28.7 Å². The topological polar surface area (TPSA) is 67.4 Å². The van der Waals surface area contributed by atoms with Gasteiger partial charge in [0, 0.05) is 22.6 Å². The van der Waals surface area contributed by atoms with Crippen molar-refractivity contribution in [2.45, 2.75) is 45.8 Å². The van der Waals surface area contributed by atoms with Gasteiger partial charge in [-0.25, -0.2) is 4.79 Å². The van der Waals surface area contributed by atoms with Crippen molar-refractivity contribution >= 4 is 33.6 Å². The summed E-state index contributed by atoms with van der Waals surface area (Å²) >= 11 is 3.33. The summed E-state index contributed by atoms with van der Waals surface area (Å²) in [6.45, 7) is 7.12. The van der Waals surface area contributed by atoms with Crippen LogP contribution in [0, 0.1) is 0 Å². The molecule has 21 heavy (non-hydrogen) atoms. The summed E-state index contributed by atoms with van der Waals surface area (Å²) in [6.07, 6.45) is -0.346. The van der Waals surface area contributed by atoms with Gasteiger partial charge in [-0.15, -0.1) is 0 Å². The average molecular weight is 357 g/mol. The highest BCUT2D eigenvalue weighted by Gasteiger charge is 2.18. The Morgan fingerprint density at radius 1 is 1.24 bits per heavy atom. The minimum Gasteiger partial charge on any atom is -0.444 e. The molecular formula is C15H21BrN2O3. The van der Waals surface area contributed by atoms with Crippen molar-refractivity contribution in [1.29, 1.82) is 0 Å². The summed E-state index contributed by atoms with van der Waals surface area (Å²) in [7, 11) is 0. The zero-order valence-electron chi connectivity index (χ0n) is 12.7. The second kappa shape index (κ2) is 7.45. The molecule has 116 valence electrons. The molecule has 6 heteroatoms. The average Bonchev–Trinajstić information content (AvgIpc) is 2.28. The van der Waals surface area contributed by atoms with Gasteiger partial charge in [0.15, 0.2) is 0 Å². The highest BCUT2D eigenvalue weighted by Crippen LogP contribution is 2.14. The van der Waals surface area contributed by atoms with E-state index in [0.29, 0.717) is 5.69 Å². The van der Waals surface area contributed by atoms with Crippen molar-refractivity contribution in [3.05, 3.63) is 28.7 Å². The molecule has 1 rings (SSSR count). The first-order chi connectivity index (χ1) is 9.65. The lowest BCUT2D eigenvalue weighted by molar-refractivity contribution is -0.116. The smallest absolute Gasteiger partial charge is 0.407 e. The Balaban J connectivity index is 2.40. The summed E-state index contributed by atoms with van der Waals surface area (Å²) in [5.41, 5.74) is 0.163. The lowest BCUT2D eigenvalue weighted by Gasteiger charge is -2.21. The van der Waals surface area contributed by atoms with E-state index in [4.69, 9.17) is 4.74 Å². The van der Waals surface area contributed by atoms with Crippen LogP contribution in [0.25, 0.3) is 0 Å². The molecule has 0 saturated heterocycles. The Morgan fingerprint density at radius 2 is 1.81 bits per heavy atom. The summed E-state index contributed by atoms with van der Waals surface area (Å²) in [6, 6.07) is 6.98. The Labute approximate surface area is 133 Å². The second-order valence-electron chi connectivity index (χ2n) is 5.81. The molecule has 0 radical (unpaired) electrons. The van der Waals surface area contributed by atoms with E-state index in [1.54, 1.807) is 39.8 Å². The van der Waals surface area contributed by atoms with Gasteiger partial charge in [-0.05, 0) is 52.0 Å². The highest BCUT2D eigenvalue weighted by atomic mass is 79.9. The van der Waals surface area contributed by atoms with Gasteiger partial charge >= 0.3 is 6.09 Å². The van der Waals surface area contributed by atoms with Crippen LogP contribution in [0.5, 0.6) is 0 Å². The van der Waals surface area contributed by atoms with Crippen molar-refractivity contribution in [3.8, 4) is 0 Å². The van der Waals surface area contributed by atoms with Crippen LogP contribution in [0.3, 0.4) is 0 Å². The molecule has 0 spiro atoms. The van der Waals surface area contributed by atoms with Gasteiger partial charge in [-0.2, -0.15) is 0 Å². The lowest BCUT2D eigenvalue weighted by atomic mass is 10.2. The quantitative estimate of drug-likeness (QED) is 0.864. The predicted octanol–water partition coefficient (Wildman–Crippen LogP) is 3.69. The molecule has 0 saturated carbocycles. The standard InChI is InChI=1S/C15H21BrN2O3/c1-10(17-14(20)21-15(2,3)4)9-13(19)18-12-7-5-11(16)6-8-12/h5-8,10H,9H2,1-4H3,(H,17,20)(H,18,19). The molecule has 2 amide bonds. The van der Waals surface area contributed by atoms with Crippen LogP contribution in [0.2, 0.25) is 0 Å². The molecule has 0 fully saturated rings. The SMILES string of the molecule is CC(CC(=O)Nc1ccc(Br)cc1)NC(=O)OC(C)(C)C. The summed E-state index contributed by atoms with van der Waals surface area (Å²) in [4.78, 5) is 23.4. The fourth-order valence-electron chi connectivity index (χ4n) is 1.58. The van der Waals surface area contributed by atoms with Gasteiger partial charge in [0.2, 0.25) is 5.91 Å². The van der Waals surface area contributed by atoms with Crippen LogP contribution in [0.1, 0.15) is 34.1 Å². The van der Waals surface area contributed by atoms with Gasteiger partial charge in [0.05, 0.1) is 0 Å².